The average Bonchev–Trinajstić information content (AvgIpc) is 2.87. The standard InChI is InChI=1S/C14H18BrN3O3/c1-4-20-14-11(15)5-10(6-12(14)19-3)7-16-8-13-17-9(2)21-18-13/h5-6,16H,4,7-8H2,1-3H3. The van der Waals surface area contributed by atoms with Gasteiger partial charge in [-0.2, -0.15) is 4.98 Å². The van der Waals surface area contributed by atoms with Gasteiger partial charge in [-0.1, -0.05) is 5.16 Å². The Kier molecular flexibility index (Phi) is 5.58. The van der Waals surface area contributed by atoms with Crippen LogP contribution in [0.25, 0.3) is 0 Å². The summed E-state index contributed by atoms with van der Waals surface area (Å²) in [7, 11) is 1.63. The van der Waals surface area contributed by atoms with Gasteiger partial charge >= 0.3 is 0 Å². The topological polar surface area (TPSA) is 69.4 Å². The molecule has 0 aliphatic heterocycles. The Hall–Kier alpha value is -1.60. The number of rotatable bonds is 7. The van der Waals surface area contributed by atoms with Crippen molar-refractivity contribution < 1.29 is 14.0 Å². The van der Waals surface area contributed by atoms with Crippen molar-refractivity contribution in [1.82, 2.24) is 15.5 Å². The average molecular weight is 356 g/mol. The van der Waals surface area contributed by atoms with E-state index in [0.29, 0.717) is 37.2 Å². The maximum Gasteiger partial charge on any atom is 0.223 e. The van der Waals surface area contributed by atoms with E-state index in [1.165, 1.54) is 0 Å². The zero-order valence-corrected chi connectivity index (χ0v) is 13.9. The minimum atomic E-state index is 0.546. The van der Waals surface area contributed by atoms with Gasteiger partial charge in [-0.3, -0.25) is 0 Å². The molecule has 0 aliphatic rings. The number of nitrogens with zero attached hydrogens (tertiary/aromatic N) is 2. The molecule has 0 saturated heterocycles. The molecule has 0 bridgehead atoms. The summed E-state index contributed by atoms with van der Waals surface area (Å²) in [5, 5.41) is 7.09. The fourth-order valence-electron chi connectivity index (χ4n) is 1.89. The first-order valence-electron chi connectivity index (χ1n) is 6.63. The lowest BCUT2D eigenvalue weighted by atomic mass is 10.2. The van der Waals surface area contributed by atoms with Crippen LogP contribution in [-0.4, -0.2) is 23.9 Å². The number of nitrogens with one attached hydrogen (secondary N) is 1. The van der Waals surface area contributed by atoms with Crippen LogP contribution in [0, 0.1) is 6.92 Å². The summed E-state index contributed by atoms with van der Waals surface area (Å²) in [5.74, 6) is 2.64. The van der Waals surface area contributed by atoms with E-state index < -0.39 is 0 Å². The predicted molar refractivity (Wildman–Crippen MR) is 81.4 cm³/mol. The van der Waals surface area contributed by atoms with E-state index in [1.807, 2.05) is 19.1 Å². The quantitative estimate of drug-likeness (QED) is 0.823. The molecule has 0 unspecified atom stereocenters. The second-order valence-corrected chi connectivity index (χ2v) is 5.23. The molecule has 6 nitrogen and oxygen atoms in total. The lowest BCUT2D eigenvalue weighted by molar-refractivity contribution is 0.308. The highest BCUT2D eigenvalue weighted by molar-refractivity contribution is 9.10. The van der Waals surface area contributed by atoms with Gasteiger partial charge in [-0.05, 0) is 40.5 Å². The third-order valence-electron chi connectivity index (χ3n) is 2.76. The minimum absolute atomic E-state index is 0.546. The number of aryl methyl sites for hydroxylation is 1. The summed E-state index contributed by atoms with van der Waals surface area (Å²) >= 11 is 3.51. The van der Waals surface area contributed by atoms with Crippen molar-refractivity contribution in [2.24, 2.45) is 0 Å². The summed E-state index contributed by atoms with van der Waals surface area (Å²) in [5.41, 5.74) is 1.07. The monoisotopic (exact) mass is 355 g/mol. The molecule has 2 rings (SSSR count). The van der Waals surface area contributed by atoms with Gasteiger partial charge in [-0.15, -0.1) is 0 Å². The molecule has 0 radical (unpaired) electrons. The van der Waals surface area contributed by atoms with Crippen LogP contribution in [-0.2, 0) is 13.1 Å². The predicted octanol–water partition coefficient (Wildman–Crippen LogP) is 2.84. The molecule has 0 atom stereocenters. The van der Waals surface area contributed by atoms with Crippen molar-refractivity contribution in [2.45, 2.75) is 26.9 Å². The maximum absolute atomic E-state index is 5.57. The van der Waals surface area contributed by atoms with Crippen LogP contribution >= 0.6 is 15.9 Å². The van der Waals surface area contributed by atoms with E-state index in [4.69, 9.17) is 14.0 Å². The van der Waals surface area contributed by atoms with Gasteiger partial charge < -0.3 is 19.3 Å². The molecule has 114 valence electrons. The van der Waals surface area contributed by atoms with Gasteiger partial charge in [0, 0.05) is 13.5 Å². The number of halogens is 1. The van der Waals surface area contributed by atoms with Crippen LogP contribution < -0.4 is 14.8 Å². The SMILES string of the molecule is CCOc1c(Br)cc(CNCc2noc(C)n2)cc1OC. The highest BCUT2D eigenvalue weighted by Gasteiger charge is 2.11. The molecule has 0 fully saturated rings. The van der Waals surface area contributed by atoms with Crippen molar-refractivity contribution in [1.29, 1.82) is 0 Å². The summed E-state index contributed by atoms with van der Waals surface area (Å²) in [4.78, 5) is 4.14. The molecular formula is C14H18BrN3O3. The van der Waals surface area contributed by atoms with Crippen LogP contribution in [0.15, 0.2) is 21.1 Å². The van der Waals surface area contributed by atoms with E-state index in [1.54, 1.807) is 14.0 Å². The Morgan fingerprint density at radius 2 is 2.14 bits per heavy atom. The molecule has 0 saturated carbocycles. The number of hydrogen-bond donors (Lipinski definition) is 1. The zero-order valence-electron chi connectivity index (χ0n) is 12.3. The molecule has 7 heteroatoms. The van der Waals surface area contributed by atoms with Crippen molar-refractivity contribution in [3.63, 3.8) is 0 Å². The van der Waals surface area contributed by atoms with Crippen molar-refractivity contribution >= 4 is 15.9 Å². The molecular weight excluding hydrogens is 338 g/mol. The van der Waals surface area contributed by atoms with E-state index in [9.17, 15) is 0 Å². The van der Waals surface area contributed by atoms with Gasteiger partial charge in [0.1, 0.15) is 0 Å². The smallest absolute Gasteiger partial charge is 0.223 e. The van der Waals surface area contributed by atoms with E-state index in [-0.39, 0.29) is 0 Å². The number of aromatic nitrogens is 2. The summed E-state index contributed by atoms with van der Waals surface area (Å²) in [6.07, 6.45) is 0. The largest absolute Gasteiger partial charge is 0.493 e. The number of benzene rings is 1. The lowest BCUT2D eigenvalue weighted by Gasteiger charge is -2.13. The van der Waals surface area contributed by atoms with Gasteiger partial charge in [0.05, 0.1) is 24.7 Å². The van der Waals surface area contributed by atoms with Crippen LogP contribution in [0.3, 0.4) is 0 Å². The Bertz CT molecular complexity index is 601. The highest BCUT2D eigenvalue weighted by Crippen LogP contribution is 2.36. The van der Waals surface area contributed by atoms with Gasteiger partial charge in [0.25, 0.3) is 0 Å². The first-order valence-corrected chi connectivity index (χ1v) is 7.42. The molecule has 0 aliphatic carbocycles. The molecule has 0 amide bonds. The van der Waals surface area contributed by atoms with E-state index in [2.05, 4.69) is 31.4 Å². The number of ether oxygens (including phenoxy) is 2. The third-order valence-corrected chi connectivity index (χ3v) is 3.35. The van der Waals surface area contributed by atoms with E-state index >= 15 is 0 Å². The number of hydrogen-bond acceptors (Lipinski definition) is 6. The second-order valence-electron chi connectivity index (χ2n) is 4.38. The van der Waals surface area contributed by atoms with Crippen LogP contribution in [0.5, 0.6) is 11.5 Å². The Labute approximate surface area is 132 Å². The lowest BCUT2D eigenvalue weighted by Crippen LogP contribution is -2.14. The Morgan fingerprint density at radius 1 is 1.33 bits per heavy atom. The normalized spacial score (nSPS) is 10.7. The van der Waals surface area contributed by atoms with Crippen molar-refractivity contribution in [3.8, 4) is 11.5 Å². The summed E-state index contributed by atoms with van der Waals surface area (Å²) < 4.78 is 16.7. The molecule has 1 aromatic carbocycles. The Morgan fingerprint density at radius 3 is 2.76 bits per heavy atom. The van der Waals surface area contributed by atoms with Gasteiger partial charge in [-0.25, -0.2) is 0 Å². The first-order chi connectivity index (χ1) is 10.1. The molecule has 2 aromatic rings. The third kappa shape index (κ3) is 4.18. The Balaban J connectivity index is 2.01. The summed E-state index contributed by atoms with van der Waals surface area (Å²) in [6.45, 7) is 5.50. The summed E-state index contributed by atoms with van der Waals surface area (Å²) in [6, 6.07) is 3.95. The van der Waals surface area contributed by atoms with Gasteiger partial charge in [0.2, 0.25) is 5.89 Å². The fraction of sp³-hybridized carbons (Fsp3) is 0.429. The zero-order chi connectivity index (χ0) is 15.2. The van der Waals surface area contributed by atoms with Crippen LogP contribution in [0.2, 0.25) is 0 Å². The van der Waals surface area contributed by atoms with Crippen molar-refractivity contribution in [2.75, 3.05) is 13.7 Å². The van der Waals surface area contributed by atoms with Gasteiger partial charge in [0.15, 0.2) is 17.3 Å². The van der Waals surface area contributed by atoms with E-state index in [0.717, 1.165) is 15.8 Å². The number of methoxy groups -OCH3 is 1. The fourth-order valence-corrected chi connectivity index (χ4v) is 2.50. The maximum atomic E-state index is 5.57. The molecule has 21 heavy (non-hydrogen) atoms. The molecule has 1 heterocycles. The van der Waals surface area contributed by atoms with Crippen LogP contribution in [0.1, 0.15) is 24.2 Å². The molecule has 0 spiro atoms. The van der Waals surface area contributed by atoms with Crippen LogP contribution in [0.4, 0.5) is 0 Å². The second kappa shape index (κ2) is 7.42. The minimum Gasteiger partial charge on any atom is -0.493 e. The molecule has 1 N–H and O–H groups in total. The van der Waals surface area contributed by atoms with Crippen molar-refractivity contribution in [3.05, 3.63) is 33.9 Å². The first kappa shape index (κ1) is 15.8. The molecule has 1 aromatic heterocycles. The highest BCUT2D eigenvalue weighted by atomic mass is 79.9.